The second-order valence-electron chi connectivity index (χ2n) is 6.91. The zero-order chi connectivity index (χ0) is 20.8. The van der Waals surface area contributed by atoms with Crippen molar-refractivity contribution in [2.75, 3.05) is 33.4 Å². The van der Waals surface area contributed by atoms with Crippen LogP contribution in [0.3, 0.4) is 0 Å². The molecule has 0 aliphatic carbocycles. The number of piperidine rings is 1. The van der Waals surface area contributed by atoms with Crippen molar-refractivity contribution in [3.05, 3.63) is 41.8 Å². The number of methoxy groups -OCH3 is 1. The Bertz CT molecular complexity index is 853. The highest BCUT2D eigenvalue weighted by atomic mass is 19.1. The second-order valence-corrected chi connectivity index (χ2v) is 6.91. The first-order valence-corrected chi connectivity index (χ1v) is 9.51. The fraction of sp³-hybridized carbons (Fsp3) is 0.450. The second kappa shape index (κ2) is 9.40. The molecule has 0 saturated carbocycles. The minimum atomic E-state index is -0.328. The van der Waals surface area contributed by atoms with E-state index in [2.05, 4.69) is 10.4 Å². The number of hydrogen-bond donors (Lipinski definition) is 1. The number of benzene rings is 1. The van der Waals surface area contributed by atoms with Crippen LogP contribution in [0.1, 0.15) is 23.2 Å². The molecule has 8 nitrogen and oxygen atoms in total. The van der Waals surface area contributed by atoms with Gasteiger partial charge in [-0.2, -0.15) is 0 Å². The van der Waals surface area contributed by atoms with E-state index >= 15 is 0 Å². The Morgan fingerprint density at radius 1 is 1.31 bits per heavy atom. The van der Waals surface area contributed by atoms with E-state index in [1.54, 1.807) is 18.1 Å². The topological polar surface area (TPSA) is 85.7 Å². The number of carbonyl (C=O) groups is 2. The number of halogens is 1. The van der Waals surface area contributed by atoms with E-state index in [4.69, 9.17) is 9.47 Å². The maximum absolute atomic E-state index is 12.9. The standard InChI is InChI=1S/C20H25FN4O4/c1-24-13-17(19(23-24)28-2)20(27)25-10-3-4-14(12-25)18(26)22-9-11-29-16-7-5-15(21)6-8-16/h5-8,13-14H,3-4,9-12H2,1-2H3,(H,22,26)/t14-/m1/s1. The van der Waals surface area contributed by atoms with Gasteiger partial charge in [-0.3, -0.25) is 14.3 Å². The van der Waals surface area contributed by atoms with Crippen LogP contribution in [0.15, 0.2) is 30.5 Å². The van der Waals surface area contributed by atoms with Gasteiger partial charge in [-0.05, 0) is 37.1 Å². The first-order valence-electron chi connectivity index (χ1n) is 9.51. The van der Waals surface area contributed by atoms with Crippen molar-refractivity contribution in [1.29, 1.82) is 0 Å². The molecule has 1 aliphatic rings. The van der Waals surface area contributed by atoms with Crippen LogP contribution in [0.25, 0.3) is 0 Å². The van der Waals surface area contributed by atoms with Crippen LogP contribution >= 0.6 is 0 Å². The van der Waals surface area contributed by atoms with Crippen molar-refractivity contribution in [3.63, 3.8) is 0 Å². The molecule has 1 aromatic heterocycles. The number of nitrogens with zero attached hydrogens (tertiary/aromatic N) is 3. The van der Waals surface area contributed by atoms with E-state index in [1.807, 2.05) is 0 Å². The molecule has 1 fully saturated rings. The molecule has 1 atom stereocenters. The van der Waals surface area contributed by atoms with Crippen molar-refractivity contribution < 1.29 is 23.5 Å². The van der Waals surface area contributed by atoms with Gasteiger partial charge >= 0.3 is 0 Å². The van der Waals surface area contributed by atoms with Gasteiger partial charge in [0.25, 0.3) is 5.91 Å². The minimum Gasteiger partial charge on any atom is -0.492 e. The Morgan fingerprint density at radius 3 is 2.79 bits per heavy atom. The third-order valence-corrected chi connectivity index (χ3v) is 4.78. The highest BCUT2D eigenvalue weighted by molar-refractivity contribution is 5.96. The van der Waals surface area contributed by atoms with Crippen LogP contribution < -0.4 is 14.8 Å². The number of aryl methyl sites for hydroxylation is 1. The SMILES string of the molecule is COc1nn(C)cc1C(=O)N1CCC[C@@H](C(=O)NCCOc2ccc(F)cc2)C1. The first kappa shape index (κ1) is 20.6. The molecule has 29 heavy (non-hydrogen) atoms. The van der Waals surface area contributed by atoms with Gasteiger partial charge in [0.05, 0.1) is 19.6 Å². The predicted octanol–water partition coefficient (Wildman–Crippen LogP) is 1.62. The lowest BCUT2D eigenvalue weighted by Gasteiger charge is -2.31. The number of likely N-dealkylation sites (tertiary alicyclic amines) is 1. The molecule has 0 spiro atoms. The van der Waals surface area contributed by atoms with Crippen molar-refractivity contribution in [2.45, 2.75) is 12.8 Å². The van der Waals surface area contributed by atoms with Crippen LogP contribution in [0.2, 0.25) is 0 Å². The Morgan fingerprint density at radius 2 is 2.07 bits per heavy atom. The highest BCUT2D eigenvalue weighted by Crippen LogP contribution is 2.22. The van der Waals surface area contributed by atoms with E-state index in [0.29, 0.717) is 30.9 Å². The molecule has 1 aliphatic heterocycles. The van der Waals surface area contributed by atoms with Crippen molar-refractivity contribution in [1.82, 2.24) is 20.0 Å². The first-order chi connectivity index (χ1) is 14.0. The smallest absolute Gasteiger partial charge is 0.260 e. The third kappa shape index (κ3) is 5.24. The number of nitrogens with one attached hydrogen (secondary N) is 1. The molecule has 2 heterocycles. The molecule has 2 amide bonds. The van der Waals surface area contributed by atoms with Crippen molar-refractivity contribution >= 4 is 11.8 Å². The Hall–Kier alpha value is -3.10. The lowest BCUT2D eigenvalue weighted by atomic mass is 9.96. The molecule has 3 rings (SSSR count). The summed E-state index contributed by atoms with van der Waals surface area (Å²) in [4.78, 5) is 27.0. The molecule has 156 valence electrons. The summed E-state index contributed by atoms with van der Waals surface area (Å²) in [7, 11) is 3.19. The van der Waals surface area contributed by atoms with Crippen molar-refractivity contribution in [3.8, 4) is 11.6 Å². The Kier molecular flexibility index (Phi) is 6.69. The van der Waals surface area contributed by atoms with Gasteiger partial charge in [-0.25, -0.2) is 4.39 Å². The fourth-order valence-electron chi connectivity index (χ4n) is 3.33. The van der Waals surface area contributed by atoms with Gasteiger partial charge in [0.15, 0.2) is 0 Å². The molecule has 0 unspecified atom stereocenters. The molecule has 9 heteroatoms. The number of hydrogen-bond acceptors (Lipinski definition) is 5. The quantitative estimate of drug-likeness (QED) is 0.709. The summed E-state index contributed by atoms with van der Waals surface area (Å²) in [5.74, 6) is -0.0786. The van der Waals surface area contributed by atoms with Crippen molar-refractivity contribution in [2.24, 2.45) is 13.0 Å². The number of amides is 2. The fourth-order valence-corrected chi connectivity index (χ4v) is 3.33. The molecule has 0 bridgehead atoms. The zero-order valence-electron chi connectivity index (χ0n) is 16.6. The van der Waals surface area contributed by atoms with Gasteiger partial charge in [0, 0.05) is 26.3 Å². The average molecular weight is 404 g/mol. The third-order valence-electron chi connectivity index (χ3n) is 4.78. The van der Waals surface area contributed by atoms with Gasteiger partial charge < -0.3 is 19.7 Å². The van der Waals surface area contributed by atoms with E-state index in [9.17, 15) is 14.0 Å². The lowest BCUT2D eigenvalue weighted by Crippen LogP contribution is -2.46. The molecular formula is C20H25FN4O4. The summed E-state index contributed by atoms with van der Waals surface area (Å²) in [5, 5.41) is 6.95. The molecule has 1 aromatic carbocycles. The summed E-state index contributed by atoms with van der Waals surface area (Å²) in [6.45, 7) is 1.55. The monoisotopic (exact) mass is 404 g/mol. The van der Waals surface area contributed by atoms with Gasteiger partial charge in [0.2, 0.25) is 11.8 Å². The van der Waals surface area contributed by atoms with Gasteiger partial charge in [0.1, 0.15) is 23.7 Å². The summed E-state index contributed by atoms with van der Waals surface area (Å²) in [5.41, 5.74) is 0.392. The summed E-state index contributed by atoms with van der Waals surface area (Å²) in [6, 6.07) is 5.71. The van der Waals surface area contributed by atoms with E-state index < -0.39 is 0 Å². The number of carbonyl (C=O) groups excluding carboxylic acids is 2. The summed E-state index contributed by atoms with van der Waals surface area (Å²) < 4.78 is 25.0. The van der Waals surface area contributed by atoms with Crippen LogP contribution in [-0.2, 0) is 11.8 Å². The highest BCUT2D eigenvalue weighted by Gasteiger charge is 2.30. The zero-order valence-corrected chi connectivity index (χ0v) is 16.6. The molecule has 1 N–H and O–H groups in total. The average Bonchev–Trinajstić information content (AvgIpc) is 3.12. The van der Waals surface area contributed by atoms with Crippen LogP contribution in [0, 0.1) is 11.7 Å². The van der Waals surface area contributed by atoms with E-state index in [-0.39, 0.29) is 36.0 Å². The number of aromatic nitrogens is 2. The molecular weight excluding hydrogens is 379 g/mol. The number of rotatable bonds is 7. The lowest BCUT2D eigenvalue weighted by molar-refractivity contribution is -0.126. The Labute approximate surface area is 168 Å². The van der Waals surface area contributed by atoms with Gasteiger partial charge in [-0.15, -0.1) is 5.10 Å². The Balaban J connectivity index is 1.48. The maximum Gasteiger partial charge on any atom is 0.260 e. The predicted molar refractivity (Wildman–Crippen MR) is 103 cm³/mol. The number of ether oxygens (including phenoxy) is 2. The van der Waals surface area contributed by atoms with Crippen LogP contribution in [0.4, 0.5) is 4.39 Å². The van der Waals surface area contributed by atoms with Crippen LogP contribution in [-0.4, -0.2) is 59.8 Å². The molecule has 2 aromatic rings. The minimum absolute atomic E-state index is 0.108. The largest absolute Gasteiger partial charge is 0.492 e. The molecule has 1 saturated heterocycles. The molecule has 0 radical (unpaired) electrons. The van der Waals surface area contributed by atoms with E-state index in [0.717, 1.165) is 12.8 Å². The van der Waals surface area contributed by atoms with Crippen LogP contribution in [0.5, 0.6) is 11.6 Å². The maximum atomic E-state index is 12.9. The summed E-state index contributed by atoms with van der Waals surface area (Å²) >= 11 is 0. The summed E-state index contributed by atoms with van der Waals surface area (Å²) in [6.07, 6.45) is 3.09. The van der Waals surface area contributed by atoms with Gasteiger partial charge in [-0.1, -0.05) is 0 Å². The normalized spacial score (nSPS) is 16.4. The van der Waals surface area contributed by atoms with E-state index in [1.165, 1.54) is 36.1 Å².